The van der Waals surface area contributed by atoms with Gasteiger partial charge in [0.1, 0.15) is 6.61 Å². The second-order valence-corrected chi connectivity index (χ2v) is 9.17. The number of hydrogen-bond acceptors (Lipinski definition) is 6. The Hall–Kier alpha value is -3.26. The van der Waals surface area contributed by atoms with Gasteiger partial charge in [-0.05, 0) is 36.8 Å². The fourth-order valence-corrected chi connectivity index (χ4v) is 4.80. The molecule has 8 nitrogen and oxygen atoms in total. The molecule has 5 rings (SSSR count). The van der Waals surface area contributed by atoms with Gasteiger partial charge in [0.2, 0.25) is 12.0 Å². The zero-order valence-corrected chi connectivity index (χ0v) is 19.7. The molecule has 0 aromatic heterocycles. The molecule has 2 aromatic rings. The molecular formula is C26H32N4O4. The first-order valence-electron chi connectivity index (χ1n) is 12.1. The van der Waals surface area contributed by atoms with Crippen LogP contribution in [0.4, 0.5) is 5.69 Å². The van der Waals surface area contributed by atoms with E-state index in [1.54, 1.807) is 0 Å². The van der Waals surface area contributed by atoms with Gasteiger partial charge in [-0.1, -0.05) is 24.3 Å². The fraction of sp³-hybridized carbons (Fsp3) is 0.462. The molecule has 1 atom stereocenters. The van der Waals surface area contributed by atoms with Crippen molar-refractivity contribution in [1.82, 2.24) is 14.7 Å². The zero-order valence-electron chi connectivity index (χ0n) is 19.7. The van der Waals surface area contributed by atoms with Crippen molar-refractivity contribution >= 4 is 17.5 Å². The number of aryl methyl sites for hydroxylation is 1. The lowest BCUT2D eigenvalue weighted by Gasteiger charge is -2.39. The van der Waals surface area contributed by atoms with Gasteiger partial charge in [-0.25, -0.2) is 0 Å². The van der Waals surface area contributed by atoms with E-state index < -0.39 is 6.10 Å². The zero-order chi connectivity index (χ0) is 23.5. The lowest BCUT2D eigenvalue weighted by Crippen LogP contribution is -2.56. The monoisotopic (exact) mass is 464 g/mol. The molecule has 3 aliphatic rings. The summed E-state index contributed by atoms with van der Waals surface area (Å²) in [6.45, 7) is 8.47. The first-order chi connectivity index (χ1) is 16.6. The Balaban J connectivity index is 1.06. The Morgan fingerprint density at radius 3 is 2.29 bits per heavy atom. The van der Waals surface area contributed by atoms with Crippen molar-refractivity contribution in [2.75, 3.05) is 70.4 Å². The lowest BCUT2D eigenvalue weighted by atomic mass is 10.2. The summed E-state index contributed by atoms with van der Waals surface area (Å²) in [4.78, 5) is 34.1. The first-order valence-corrected chi connectivity index (χ1v) is 12.1. The van der Waals surface area contributed by atoms with Crippen molar-refractivity contribution in [2.45, 2.75) is 13.0 Å². The number of carbonyl (C=O) groups is 2. The van der Waals surface area contributed by atoms with E-state index in [1.807, 2.05) is 34.1 Å². The highest BCUT2D eigenvalue weighted by Crippen LogP contribution is 2.31. The predicted octanol–water partition coefficient (Wildman–Crippen LogP) is 1.63. The largest absolute Gasteiger partial charge is 0.485 e. The fourth-order valence-electron chi connectivity index (χ4n) is 4.80. The van der Waals surface area contributed by atoms with Gasteiger partial charge >= 0.3 is 0 Å². The maximum Gasteiger partial charge on any atom is 0.267 e. The van der Waals surface area contributed by atoms with E-state index >= 15 is 0 Å². The standard InChI is InChI=1S/C26H32N4O4/c1-20-5-4-6-21(17-20)28-13-15-29(16-14-28)25(31)18-27-9-11-30(12-10-27)26(32)24-19-33-22-7-2-3-8-23(22)34-24/h2-8,17,24H,9-16,18-19H2,1H3/t24-/m0/s1. The van der Waals surface area contributed by atoms with Crippen LogP contribution in [0.25, 0.3) is 0 Å². The molecule has 0 radical (unpaired) electrons. The Labute approximate surface area is 200 Å². The minimum atomic E-state index is -0.618. The van der Waals surface area contributed by atoms with E-state index in [4.69, 9.17) is 9.47 Å². The summed E-state index contributed by atoms with van der Waals surface area (Å²) in [7, 11) is 0. The lowest BCUT2D eigenvalue weighted by molar-refractivity contribution is -0.143. The molecule has 180 valence electrons. The second kappa shape index (κ2) is 9.93. The summed E-state index contributed by atoms with van der Waals surface area (Å²) in [5, 5.41) is 0. The van der Waals surface area contributed by atoms with E-state index in [0.29, 0.717) is 44.2 Å². The van der Waals surface area contributed by atoms with E-state index in [-0.39, 0.29) is 18.4 Å². The number of amides is 2. The third kappa shape index (κ3) is 4.97. The van der Waals surface area contributed by atoms with Crippen LogP contribution >= 0.6 is 0 Å². The molecular weight excluding hydrogens is 432 g/mol. The number of fused-ring (bicyclic) bond motifs is 1. The topological polar surface area (TPSA) is 65.6 Å². The molecule has 2 fully saturated rings. The summed E-state index contributed by atoms with van der Waals surface area (Å²) >= 11 is 0. The Kier molecular flexibility index (Phi) is 6.58. The van der Waals surface area contributed by atoms with Gasteiger partial charge in [0.25, 0.3) is 5.91 Å². The van der Waals surface area contributed by atoms with Crippen molar-refractivity contribution < 1.29 is 19.1 Å². The quantitative estimate of drug-likeness (QED) is 0.685. The number of carbonyl (C=O) groups excluding carboxylic acids is 2. The number of piperazine rings is 2. The molecule has 3 heterocycles. The summed E-state index contributed by atoms with van der Waals surface area (Å²) in [5.41, 5.74) is 2.48. The molecule has 2 aromatic carbocycles. The summed E-state index contributed by atoms with van der Waals surface area (Å²) in [6.07, 6.45) is -0.618. The minimum absolute atomic E-state index is 0.0484. The maximum atomic E-state index is 12.9. The van der Waals surface area contributed by atoms with Crippen LogP contribution in [0.3, 0.4) is 0 Å². The predicted molar refractivity (Wildman–Crippen MR) is 129 cm³/mol. The number of anilines is 1. The van der Waals surface area contributed by atoms with Crippen LogP contribution in [-0.4, -0.2) is 98.1 Å². The van der Waals surface area contributed by atoms with Crippen molar-refractivity contribution in [3.63, 3.8) is 0 Å². The number of benzene rings is 2. The average molecular weight is 465 g/mol. The van der Waals surface area contributed by atoms with Gasteiger partial charge in [0.15, 0.2) is 11.5 Å². The average Bonchev–Trinajstić information content (AvgIpc) is 2.88. The number of ether oxygens (including phenoxy) is 2. The summed E-state index contributed by atoms with van der Waals surface area (Å²) < 4.78 is 11.6. The highest BCUT2D eigenvalue weighted by Gasteiger charge is 2.33. The van der Waals surface area contributed by atoms with Crippen LogP contribution in [0.1, 0.15) is 5.56 Å². The van der Waals surface area contributed by atoms with Crippen LogP contribution in [0, 0.1) is 6.92 Å². The minimum Gasteiger partial charge on any atom is -0.485 e. The van der Waals surface area contributed by atoms with E-state index in [0.717, 1.165) is 26.2 Å². The van der Waals surface area contributed by atoms with Gasteiger partial charge in [-0.3, -0.25) is 14.5 Å². The first kappa shape index (κ1) is 22.5. The number of hydrogen-bond donors (Lipinski definition) is 0. The Morgan fingerprint density at radius 2 is 1.56 bits per heavy atom. The normalized spacial score (nSPS) is 20.9. The van der Waals surface area contributed by atoms with Crippen LogP contribution in [0.5, 0.6) is 11.5 Å². The van der Waals surface area contributed by atoms with Crippen molar-refractivity contribution in [1.29, 1.82) is 0 Å². The maximum absolute atomic E-state index is 12.9. The summed E-state index contributed by atoms with van der Waals surface area (Å²) in [5.74, 6) is 1.41. The number of para-hydroxylation sites is 2. The molecule has 3 aliphatic heterocycles. The molecule has 0 aliphatic carbocycles. The summed E-state index contributed by atoms with van der Waals surface area (Å²) in [6, 6.07) is 15.9. The molecule has 8 heteroatoms. The molecule has 0 saturated carbocycles. The van der Waals surface area contributed by atoms with Crippen LogP contribution < -0.4 is 14.4 Å². The van der Waals surface area contributed by atoms with Gasteiger partial charge in [-0.2, -0.15) is 0 Å². The molecule has 34 heavy (non-hydrogen) atoms. The number of rotatable bonds is 4. The van der Waals surface area contributed by atoms with Crippen molar-refractivity contribution in [3.8, 4) is 11.5 Å². The molecule has 0 N–H and O–H groups in total. The van der Waals surface area contributed by atoms with Gasteiger partial charge in [0, 0.05) is 58.0 Å². The van der Waals surface area contributed by atoms with Crippen molar-refractivity contribution in [2.24, 2.45) is 0 Å². The van der Waals surface area contributed by atoms with Crippen molar-refractivity contribution in [3.05, 3.63) is 54.1 Å². The van der Waals surface area contributed by atoms with Gasteiger partial charge < -0.3 is 24.2 Å². The molecule has 0 unspecified atom stereocenters. The second-order valence-electron chi connectivity index (χ2n) is 9.17. The molecule has 0 bridgehead atoms. The van der Waals surface area contributed by atoms with E-state index in [1.165, 1.54) is 11.3 Å². The number of nitrogens with zero attached hydrogens (tertiary/aromatic N) is 4. The van der Waals surface area contributed by atoms with E-state index in [2.05, 4.69) is 41.0 Å². The highest BCUT2D eigenvalue weighted by atomic mass is 16.6. The van der Waals surface area contributed by atoms with E-state index in [9.17, 15) is 9.59 Å². The molecule has 0 spiro atoms. The third-order valence-electron chi connectivity index (χ3n) is 6.83. The highest BCUT2D eigenvalue weighted by molar-refractivity contribution is 5.82. The molecule has 2 amide bonds. The van der Waals surface area contributed by atoms with Crippen LogP contribution in [-0.2, 0) is 9.59 Å². The Bertz CT molecular complexity index is 1030. The smallest absolute Gasteiger partial charge is 0.267 e. The molecule has 2 saturated heterocycles. The van der Waals surface area contributed by atoms with Gasteiger partial charge in [-0.15, -0.1) is 0 Å². The Morgan fingerprint density at radius 1 is 0.853 bits per heavy atom. The van der Waals surface area contributed by atoms with Crippen LogP contribution in [0.15, 0.2) is 48.5 Å². The SMILES string of the molecule is Cc1cccc(N2CCN(C(=O)CN3CCN(C(=O)[C@@H]4COc5ccccc5O4)CC3)CC2)c1. The van der Waals surface area contributed by atoms with Crippen LogP contribution in [0.2, 0.25) is 0 Å². The third-order valence-corrected chi connectivity index (χ3v) is 6.83. The van der Waals surface area contributed by atoms with Gasteiger partial charge in [0.05, 0.1) is 6.54 Å².